The van der Waals surface area contributed by atoms with Gasteiger partial charge in [-0.15, -0.1) is 0 Å². The summed E-state index contributed by atoms with van der Waals surface area (Å²) in [6, 6.07) is 16.3. The van der Waals surface area contributed by atoms with Gasteiger partial charge in [0.15, 0.2) is 0 Å². The molecule has 0 aliphatic carbocycles. The summed E-state index contributed by atoms with van der Waals surface area (Å²) in [5.41, 5.74) is 2.32. The van der Waals surface area contributed by atoms with Crippen LogP contribution in [0.4, 0.5) is 5.69 Å². The third kappa shape index (κ3) is 3.04. The zero-order valence-electron chi connectivity index (χ0n) is 14.7. The van der Waals surface area contributed by atoms with E-state index < -0.39 is 17.7 Å². The van der Waals surface area contributed by atoms with E-state index in [4.69, 9.17) is 4.74 Å². The van der Waals surface area contributed by atoms with E-state index in [-0.39, 0.29) is 17.9 Å². The van der Waals surface area contributed by atoms with Gasteiger partial charge < -0.3 is 4.74 Å². The molecule has 0 aromatic heterocycles. The summed E-state index contributed by atoms with van der Waals surface area (Å²) in [6.45, 7) is 3.82. The van der Waals surface area contributed by atoms with Gasteiger partial charge in [-0.1, -0.05) is 49.4 Å². The van der Waals surface area contributed by atoms with Crippen molar-refractivity contribution in [1.82, 2.24) is 0 Å². The van der Waals surface area contributed by atoms with Crippen LogP contribution < -0.4 is 4.90 Å². The largest absolute Gasteiger partial charge is 0.462 e. The lowest BCUT2D eigenvalue weighted by atomic mass is 10.0. The average molecular weight is 349 g/mol. The van der Waals surface area contributed by atoms with Crippen LogP contribution in [-0.4, -0.2) is 24.3 Å². The Morgan fingerprint density at radius 1 is 0.962 bits per heavy atom. The molecule has 1 amide bonds. The van der Waals surface area contributed by atoms with Crippen molar-refractivity contribution >= 4 is 29.0 Å². The SMILES string of the molecule is CCOC(=O)C1=C(c2ccc(CC)cc2)N(c2ccccc2)C(=O)C1=O. The number of ether oxygens (including phenoxy) is 1. The summed E-state index contributed by atoms with van der Waals surface area (Å²) in [6.07, 6.45) is 0.865. The van der Waals surface area contributed by atoms with Gasteiger partial charge in [0.1, 0.15) is 5.57 Å². The van der Waals surface area contributed by atoms with E-state index in [1.54, 1.807) is 31.2 Å². The van der Waals surface area contributed by atoms with Crippen molar-refractivity contribution in [3.05, 3.63) is 71.3 Å². The van der Waals surface area contributed by atoms with Gasteiger partial charge in [0.2, 0.25) is 0 Å². The summed E-state index contributed by atoms with van der Waals surface area (Å²) >= 11 is 0. The Bertz CT molecular complexity index is 882. The molecule has 0 bridgehead atoms. The maximum atomic E-state index is 12.7. The fraction of sp³-hybridized carbons (Fsp3) is 0.190. The lowest BCUT2D eigenvalue weighted by molar-refractivity contribution is -0.141. The molecule has 0 saturated heterocycles. The van der Waals surface area contributed by atoms with E-state index in [2.05, 4.69) is 0 Å². The predicted octanol–water partition coefficient (Wildman–Crippen LogP) is 3.14. The Kier molecular flexibility index (Phi) is 4.98. The number of ketones is 1. The highest BCUT2D eigenvalue weighted by Crippen LogP contribution is 2.35. The molecule has 26 heavy (non-hydrogen) atoms. The van der Waals surface area contributed by atoms with Gasteiger partial charge in [-0.05, 0) is 36.6 Å². The van der Waals surface area contributed by atoms with Gasteiger partial charge in [0.25, 0.3) is 5.78 Å². The number of anilines is 1. The minimum Gasteiger partial charge on any atom is -0.462 e. The number of hydrogen-bond acceptors (Lipinski definition) is 4. The lowest BCUT2D eigenvalue weighted by Gasteiger charge is -2.20. The number of esters is 1. The van der Waals surface area contributed by atoms with Crippen LogP contribution in [0.1, 0.15) is 25.0 Å². The van der Waals surface area contributed by atoms with Gasteiger partial charge in [0.05, 0.1) is 12.3 Å². The van der Waals surface area contributed by atoms with Crippen LogP contribution in [0.3, 0.4) is 0 Å². The predicted molar refractivity (Wildman–Crippen MR) is 98.3 cm³/mol. The molecular formula is C21H19NO4. The minimum absolute atomic E-state index is 0.122. The number of carbonyl (C=O) groups is 3. The number of Topliss-reactive ketones (excluding diaryl/α,β-unsaturated/α-hetero) is 1. The van der Waals surface area contributed by atoms with Crippen LogP contribution in [0, 0.1) is 0 Å². The van der Waals surface area contributed by atoms with Crippen molar-refractivity contribution in [2.75, 3.05) is 11.5 Å². The highest BCUT2D eigenvalue weighted by atomic mass is 16.5. The van der Waals surface area contributed by atoms with E-state index in [0.717, 1.165) is 12.0 Å². The molecule has 132 valence electrons. The highest BCUT2D eigenvalue weighted by Gasteiger charge is 2.43. The van der Waals surface area contributed by atoms with Crippen molar-refractivity contribution in [1.29, 1.82) is 0 Å². The second-order valence-corrected chi connectivity index (χ2v) is 5.80. The normalized spacial score (nSPS) is 14.2. The van der Waals surface area contributed by atoms with Crippen LogP contribution in [0.5, 0.6) is 0 Å². The zero-order valence-corrected chi connectivity index (χ0v) is 14.7. The molecule has 0 atom stereocenters. The number of amides is 1. The summed E-state index contributed by atoms with van der Waals surface area (Å²) in [4.78, 5) is 38.9. The summed E-state index contributed by atoms with van der Waals surface area (Å²) in [5.74, 6) is -2.38. The summed E-state index contributed by atoms with van der Waals surface area (Å²) < 4.78 is 5.03. The second kappa shape index (κ2) is 7.35. The fourth-order valence-electron chi connectivity index (χ4n) is 2.92. The number of nitrogens with zero attached hydrogens (tertiary/aromatic N) is 1. The number of hydrogen-bond donors (Lipinski definition) is 0. The molecule has 1 aliphatic rings. The van der Waals surface area contributed by atoms with E-state index in [9.17, 15) is 14.4 Å². The first kappa shape index (κ1) is 17.6. The van der Waals surface area contributed by atoms with Gasteiger partial charge in [0, 0.05) is 5.69 Å². The molecule has 3 rings (SSSR count). The maximum absolute atomic E-state index is 12.7. The van der Waals surface area contributed by atoms with E-state index in [0.29, 0.717) is 11.3 Å². The van der Waals surface area contributed by atoms with Crippen molar-refractivity contribution in [3.63, 3.8) is 0 Å². The average Bonchev–Trinajstić information content (AvgIpc) is 2.94. The fourth-order valence-corrected chi connectivity index (χ4v) is 2.92. The molecule has 2 aromatic carbocycles. The summed E-state index contributed by atoms with van der Waals surface area (Å²) in [7, 11) is 0. The lowest BCUT2D eigenvalue weighted by Crippen LogP contribution is -2.28. The molecule has 0 radical (unpaired) electrons. The quantitative estimate of drug-likeness (QED) is 0.473. The van der Waals surface area contributed by atoms with Crippen LogP contribution in [0.15, 0.2) is 60.2 Å². The third-order valence-electron chi connectivity index (χ3n) is 4.21. The molecule has 0 spiro atoms. The Hall–Kier alpha value is -3.21. The molecule has 0 fully saturated rings. The Balaban J connectivity index is 2.21. The second-order valence-electron chi connectivity index (χ2n) is 5.80. The molecule has 0 unspecified atom stereocenters. The van der Waals surface area contributed by atoms with Crippen molar-refractivity contribution in [2.45, 2.75) is 20.3 Å². The van der Waals surface area contributed by atoms with Crippen molar-refractivity contribution in [2.24, 2.45) is 0 Å². The number of rotatable bonds is 5. The first-order chi connectivity index (χ1) is 12.6. The molecule has 0 saturated carbocycles. The van der Waals surface area contributed by atoms with Crippen molar-refractivity contribution in [3.8, 4) is 0 Å². The van der Waals surface area contributed by atoms with Gasteiger partial charge in [-0.25, -0.2) is 4.79 Å². The smallest absolute Gasteiger partial charge is 0.344 e. The van der Waals surface area contributed by atoms with Crippen LogP contribution in [-0.2, 0) is 25.5 Å². The molecule has 5 nitrogen and oxygen atoms in total. The van der Waals surface area contributed by atoms with Crippen molar-refractivity contribution < 1.29 is 19.1 Å². The maximum Gasteiger partial charge on any atom is 0.344 e. The highest BCUT2D eigenvalue weighted by molar-refractivity contribution is 6.59. The first-order valence-corrected chi connectivity index (χ1v) is 8.53. The third-order valence-corrected chi connectivity index (χ3v) is 4.21. The van der Waals surface area contributed by atoms with E-state index >= 15 is 0 Å². The minimum atomic E-state index is -0.845. The number of para-hydroxylation sites is 1. The van der Waals surface area contributed by atoms with Gasteiger partial charge in [-0.2, -0.15) is 0 Å². The van der Waals surface area contributed by atoms with Gasteiger partial charge >= 0.3 is 11.9 Å². The molecular weight excluding hydrogens is 330 g/mol. The van der Waals surface area contributed by atoms with Gasteiger partial charge in [-0.3, -0.25) is 14.5 Å². The first-order valence-electron chi connectivity index (χ1n) is 8.53. The van der Waals surface area contributed by atoms with E-state index in [1.807, 2.05) is 37.3 Å². The number of benzene rings is 2. The molecule has 2 aromatic rings. The van der Waals surface area contributed by atoms with Crippen LogP contribution in [0.25, 0.3) is 5.70 Å². The zero-order chi connectivity index (χ0) is 18.7. The molecule has 5 heteroatoms. The monoisotopic (exact) mass is 349 g/mol. The standard InChI is InChI=1S/C21H19NO4/c1-3-14-10-12-15(13-11-14)18-17(21(25)26-4-2)19(23)20(24)22(18)16-8-6-5-7-9-16/h5-13H,3-4H2,1-2H3. The topological polar surface area (TPSA) is 63.7 Å². The number of aryl methyl sites for hydroxylation is 1. The molecule has 1 aliphatic heterocycles. The Morgan fingerprint density at radius 3 is 2.19 bits per heavy atom. The Labute approximate surface area is 151 Å². The molecule has 1 heterocycles. The van der Waals surface area contributed by atoms with E-state index in [1.165, 1.54) is 4.90 Å². The van der Waals surface area contributed by atoms with Crippen LogP contribution >= 0.6 is 0 Å². The number of carbonyl (C=O) groups excluding carboxylic acids is 3. The molecule has 0 N–H and O–H groups in total. The summed E-state index contributed by atoms with van der Waals surface area (Å²) in [5, 5.41) is 0. The Morgan fingerprint density at radius 2 is 1.62 bits per heavy atom. The van der Waals surface area contributed by atoms with Crippen LogP contribution in [0.2, 0.25) is 0 Å².